The zero-order valence-electron chi connectivity index (χ0n) is 14.5. The average molecular weight is 392 g/mol. The molecule has 0 spiro atoms. The van der Waals surface area contributed by atoms with Gasteiger partial charge in [-0.25, -0.2) is 10.3 Å². The fourth-order valence-corrected chi connectivity index (χ4v) is 4.22. The Balaban J connectivity index is 1.55. The highest BCUT2D eigenvalue weighted by Gasteiger charge is 2.49. The van der Waals surface area contributed by atoms with Crippen LogP contribution in [0.15, 0.2) is 0 Å². The van der Waals surface area contributed by atoms with Crippen molar-refractivity contribution in [3.05, 3.63) is 0 Å². The average Bonchev–Trinajstić information content (AvgIpc) is 2.83. The molecule has 3 amide bonds. The fraction of sp³-hybridized carbons (Fsp3) is 0.857. The van der Waals surface area contributed by atoms with E-state index >= 15 is 0 Å². The van der Waals surface area contributed by atoms with Gasteiger partial charge in [0, 0.05) is 12.6 Å². The van der Waals surface area contributed by atoms with Gasteiger partial charge in [0.1, 0.15) is 6.04 Å². The van der Waals surface area contributed by atoms with Crippen molar-refractivity contribution >= 4 is 22.3 Å². The number of hydroxylamine groups is 3. The summed E-state index contributed by atoms with van der Waals surface area (Å²) in [5.41, 5.74) is 2.45. The molecule has 3 N–H and O–H groups in total. The van der Waals surface area contributed by atoms with Crippen LogP contribution in [0.2, 0.25) is 0 Å². The molecule has 4 atom stereocenters. The van der Waals surface area contributed by atoms with Gasteiger partial charge in [-0.3, -0.25) is 14.2 Å². The molecule has 148 valence electrons. The van der Waals surface area contributed by atoms with E-state index in [1.165, 1.54) is 4.90 Å². The minimum absolute atomic E-state index is 0.0878. The first-order chi connectivity index (χ1) is 12.3. The molecule has 2 bridgehead atoms. The number of piperidine rings is 1. The van der Waals surface area contributed by atoms with E-state index in [-0.39, 0.29) is 12.6 Å². The minimum Gasteiger partial charge on any atom is -0.317 e. The van der Waals surface area contributed by atoms with E-state index in [1.54, 1.807) is 0 Å². The van der Waals surface area contributed by atoms with Crippen LogP contribution in [0.5, 0.6) is 0 Å². The lowest BCUT2D eigenvalue weighted by Gasteiger charge is -2.31. The van der Waals surface area contributed by atoms with Crippen molar-refractivity contribution in [1.29, 1.82) is 0 Å². The number of nitrogens with zero attached hydrogens (tertiary/aromatic N) is 2. The largest absolute Gasteiger partial charge is 0.418 e. The zero-order valence-corrected chi connectivity index (χ0v) is 15.3. The first-order valence-electron chi connectivity index (χ1n) is 8.68. The van der Waals surface area contributed by atoms with Gasteiger partial charge < -0.3 is 10.2 Å². The molecule has 0 aromatic heterocycles. The summed E-state index contributed by atoms with van der Waals surface area (Å²) < 4.78 is 34.9. The Kier molecular flexibility index (Phi) is 5.67. The molecule has 2 aliphatic heterocycles. The number of nitrogens with one attached hydrogen (secondary N) is 2. The first kappa shape index (κ1) is 19.3. The van der Waals surface area contributed by atoms with Crippen LogP contribution in [0.1, 0.15) is 38.5 Å². The maximum absolute atomic E-state index is 12.4. The van der Waals surface area contributed by atoms with Crippen LogP contribution in [0.4, 0.5) is 4.79 Å². The number of fused-ring (bicyclic) bond motifs is 2. The second kappa shape index (κ2) is 7.64. The molecular weight excluding hydrogens is 368 g/mol. The van der Waals surface area contributed by atoms with Crippen LogP contribution >= 0.6 is 0 Å². The smallest absolute Gasteiger partial charge is 0.317 e. The molecule has 26 heavy (non-hydrogen) atoms. The lowest BCUT2D eigenvalue weighted by Crippen LogP contribution is -2.50. The van der Waals surface area contributed by atoms with Crippen LogP contribution in [0.3, 0.4) is 0 Å². The predicted molar refractivity (Wildman–Crippen MR) is 87.7 cm³/mol. The van der Waals surface area contributed by atoms with Crippen molar-refractivity contribution in [3.63, 3.8) is 0 Å². The topological polar surface area (TPSA) is 138 Å². The van der Waals surface area contributed by atoms with Crippen molar-refractivity contribution in [2.24, 2.45) is 0 Å². The molecular formula is C14H24N4O7S. The van der Waals surface area contributed by atoms with Crippen molar-refractivity contribution < 1.29 is 31.7 Å². The number of amides is 3. The normalized spacial score (nSPS) is 32.0. The molecule has 11 nitrogen and oxygen atoms in total. The number of hydrogen-bond donors (Lipinski definition) is 3. The van der Waals surface area contributed by atoms with E-state index < -0.39 is 34.4 Å². The summed E-state index contributed by atoms with van der Waals surface area (Å²) in [4.78, 5) is 31.5. The SMILES string of the molecule is CNC1CCCC(ONC(=O)[C@@H]2CCC3CN2C(=O)N3OS(=O)(=O)O)C1. The van der Waals surface area contributed by atoms with E-state index in [0.717, 1.165) is 25.7 Å². The predicted octanol–water partition coefficient (Wildman–Crippen LogP) is -0.432. The van der Waals surface area contributed by atoms with E-state index in [0.29, 0.717) is 23.9 Å². The first-order valence-corrected chi connectivity index (χ1v) is 10.0. The van der Waals surface area contributed by atoms with Crippen LogP contribution < -0.4 is 10.8 Å². The number of carbonyl (C=O) groups excluding carboxylic acids is 2. The Labute approximate surface area is 151 Å². The quantitative estimate of drug-likeness (QED) is 0.409. The third-order valence-corrected chi connectivity index (χ3v) is 5.51. The van der Waals surface area contributed by atoms with Crippen molar-refractivity contribution in [1.82, 2.24) is 20.8 Å². The van der Waals surface area contributed by atoms with Crippen LogP contribution in [0, 0.1) is 0 Å². The standard InChI is InChI=1S/C14H24N4O7S/c1-15-9-3-2-4-11(7-9)24-16-13(19)12-6-5-10-8-17(12)14(20)18(10)25-26(21,22)23/h9-12,15H,2-8H2,1H3,(H,16,19)(H,21,22,23)/t9?,10?,11?,12-/m0/s1. The van der Waals surface area contributed by atoms with E-state index in [4.69, 9.17) is 9.39 Å². The molecule has 3 fully saturated rings. The molecule has 1 aliphatic carbocycles. The van der Waals surface area contributed by atoms with Crippen molar-refractivity contribution in [2.45, 2.75) is 62.8 Å². The third-order valence-electron chi connectivity index (χ3n) is 5.16. The highest BCUT2D eigenvalue weighted by Crippen LogP contribution is 2.30. The Bertz CT molecular complexity index is 658. The van der Waals surface area contributed by atoms with Gasteiger partial charge >= 0.3 is 16.4 Å². The van der Waals surface area contributed by atoms with Crippen molar-refractivity contribution in [2.75, 3.05) is 13.6 Å². The van der Waals surface area contributed by atoms with E-state index in [2.05, 4.69) is 15.1 Å². The Morgan fingerprint density at radius 3 is 2.73 bits per heavy atom. The monoisotopic (exact) mass is 392 g/mol. The third kappa shape index (κ3) is 4.26. The Morgan fingerprint density at radius 2 is 2.04 bits per heavy atom. The van der Waals surface area contributed by atoms with Gasteiger partial charge in [-0.2, -0.15) is 13.5 Å². The fourth-order valence-electron chi connectivity index (χ4n) is 3.83. The molecule has 12 heteroatoms. The number of rotatable bonds is 6. The number of urea groups is 1. The Morgan fingerprint density at radius 1 is 1.27 bits per heavy atom. The van der Waals surface area contributed by atoms with E-state index in [1.807, 2.05) is 7.05 Å². The molecule has 0 radical (unpaired) electrons. The lowest BCUT2D eigenvalue weighted by atomic mass is 9.93. The van der Waals surface area contributed by atoms with Crippen molar-refractivity contribution in [3.8, 4) is 0 Å². The van der Waals surface area contributed by atoms with Gasteiger partial charge in [0.25, 0.3) is 5.91 Å². The van der Waals surface area contributed by atoms with Gasteiger partial charge in [-0.15, -0.1) is 4.28 Å². The summed E-state index contributed by atoms with van der Waals surface area (Å²) in [5.74, 6) is -0.447. The summed E-state index contributed by atoms with van der Waals surface area (Å²) in [6.45, 7) is 0.150. The summed E-state index contributed by atoms with van der Waals surface area (Å²) in [7, 11) is -2.91. The summed E-state index contributed by atoms with van der Waals surface area (Å²) in [6, 6.07) is -1.70. The maximum Gasteiger partial charge on any atom is 0.418 e. The maximum atomic E-state index is 12.4. The number of hydrogen-bond acceptors (Lipinski definition) is 7. The minimum atomic E-state index is -4.80. The highest BCUT2D eigenvalue weighted by atomic mass is 32.3. The highest BCUT2D eigenvalue weighted by molar-refractivity contribution is 7.80. The molecule has 2 heterocycles. The lowest BCUT2D eigenvalue weighted by molar-refractivity contribution is -0.145. The summed E-state index contributed by atoms with van der Waals surface area (Å²) >= 11 is 0. The second-order valence-corrected chi connectivity index (χ2v) is 7.87. The molecule has 0 aromatic rings. The molecule has 2 saturated heterocycles. The molecule has 3 rings (SSSR count). The van der Waals surface area contributed by atoms with Gasteiger partial charge in [0.05, 0.1) is 12.1 Å². The summed E-state index contributed by atoms with van der Waals surface area (Å²) in [6.07, 6.45) is 4.35. The zero-order chi connectivity index (χ0) is 18.9. The van der Waals surface area contributed by atoms with Gasteiger partial charge in [-0.1, -0.05) is 0 Å². The second-order valence-electron chi connectivity index (χ2n) is 6.87. The van der Waals surface area contributed by atoms with Gasteiger partial charge in [0.15, 0.2) is 0 Å². The van der Waals surface area contributed by atoms with Crippen LogP contribution in [-0.2, 0) is 24.3 Å². The van der Waals surface area contributed by atoms with Crippen LogP contribution in [-0.4, -0.2) is 72.7 Å². The molecule has 3 unspecified atom stereocenters. The molecule has 1 saturated carbocycles. The van der Waals surface area contributed by atoms with Crippen LogP contribution in [0.25, 0.3) is 0 Å². The van der Waals surface area contributed by atoms with E-state index in [9.17, 15) is 18.0 Å². The van der Waals surface area contributed by atoms with Gasteiger partial charge in [0.2, 0.25) is 0 Å². The molecule has 3 aliphatic rings. The number of carbonyl (C=O) groups is 2. The molecule has 0 aromatic carbocycles. The summed E-state index contributed by atoms with van der Waals surface area (Å²) in [5, 5.41) is 3.81. The van der Waals surface area contributed by atoms with Gasteiger partial charge in [-0.05, 0) is 45.6 Å². The Hall–Kier alpha value is -1.47.